The summed E-state index contributed by atoms with van der Waals surface area (Å²) in [5.74, 6) is -0.103. The molecule has 1 aromatic rings. The minimum atomic E-state index is -0.541. The number of rotatable bonds is 4. The van der Waals surface area contributed by atoms with Crippen LogP contribution in [0.5, 0.6) is 5.75 Å². The number of carbonyl (C=O) groups is 1. The molecular formula is C17H21N3O3. The molecule has 0 radical (unpaired) electrons. The average molecular weight is 315 g/mol. The molecule has 6 heteroatoms. The van der Waals surface area contributed by atoms with Gasteiger partial charge in [-0.1, -0.05) is 17.7 Å². The second kappa shape index (κ2) is 7.11. The Hall–Kier alpha value is -2.60. The number of benzene rings is 1. The molecule has 0 atom stereocenters. The number of amides is 1. The lowest BCUT2D eigenvalue weighted by Gasteiger charge is -2.27. The van der Waals surface area contributed by atoms with Crippen molar-refractivity contribution in [3.8, 4) is 5.75 Å². The minimum absolute atomic E-state index is 0.190. The number of amidine groups is 1. The van der Waals surface area contributed by atoms with E-state index in [1.807, 2.05) is 26.8 Å². The number of aromatic hydroxyl groups is 1. The highest BCUT2D eigenvalue weighted by atomic mass is 16.5. The maximum atomic E-state index is 11.9. The van der Waals surface area contributed by atoms with Crippen molar-refractivity contribution in [2.75, 3.05) is 6.54 Å². The van der Waals surface area contributed by atoms with Crippen LogP contribution in [-0.4, -0.2) is 33.7 Å². The molecule has 1 amide bonds. The van der Waals surface area contributed by atoms with E-state index in [4.69, 9.17) is 0 Å². The van der Waals surface area contributed by atoms with Gasteiger partial charge in [-0.15, -0.1) is 0 Å². The van der Waals surface area contributed by atoms with Gasteiger partial charge in [0.1, 0.15) is 5.75 Å². The van der Waals surface area contributed by atoms with Crippen LogP contribution in [0.25, 0.3) is 0 Å². The Morgan fingerprint density at radius 1 is 1.35 bits per heavy atom. The van der Waals surface area contributed by atoms with Gasteiger partial charge in [0.15, 0.2) is 5.84 Å². The third-order valence-corrected chi connectivity index (χ3v) is 3.37. The van der Waals surface area contributed by atoms with Crippen LogP contribution in [0.3, 0.4) is 0 Å². The van der Waals surface area contributed by atoms with Crippen LogP contribution >= 0.6 is 0 Å². The first-order valence-corrected chi connectivity index (χ1v) is 7.43. The molecule has 0 unspecified atom stereocenters. The molecule has 0 fully saturated rings. The monoisotopic (exact) mass is 315 g/mol. The summed E-state index contributed by atoms with van der Waals surface area (Å²) >= 11 is 0. The summed E-state index contributed by atoms with van der Waals surface area (Å²) in [7, 11) is 0. The van der Waals surface area contributed by atoms with Crippen LogP contribution < -0.4 is 5.32 Å². The van der Waals surface area contributed by atoms with Gasteiger partial charge < -0.3 is 10.4 Å². The molecule has 0 bridgehead atoms. The zero-order chi connectivity index (χ0) is 17.0. The van der Waals surface area contributed by atoms with Gasteiger partial charge in [0, 0.05) is 24.7 Å². The minimum Gasteiger partial charge on any atom is -0.508 e. The van der Waals surface area contributed by atoms with Gasteiger partial charge in [-0.25, -0.2) is 0 Å². The zero-order valence-corrected chi connectivity index (χ0v) is 13.5. The van der Waals surface area contributed by atoms with Gasteiger partial charge >= 0.3 is 0 Å². The molecular weight excluding hydrogens is 294 g/mol. The lowest BCUT2D eigenvalue weighted by Crippen LogP contribution is -2.41. The fraction of sp³-hybridized carbons (Fsp3) is 0.294. The van der Waals surface area contributed by atoms with Crippen LogP contribution in [-0.2, 0) is 11.3 Å². The first kappa shape index (κ1) is 16.8. The first-order chi connectivity index (χ1) is 10.9. The van der Waals surface area contributed by atoms with Gasteiger partial charge in [-0.05, 0) is 38.5 Å². The number of hydrogen-bond donors (Lipinski definition) is 3. The normalized spacial score (nSPS) is 16.6. The second-order valence-electron chi connectivity index (χ2n) is 5.40. The van der Waals surface area contributed by atoms with Crippen molar-refractivity contribution in [2.24, 2.45) is 4.99 Å². The van der Waals surface area contributed by atoms with E-state index in [2.05, 4.69) is 10.3 Å². The van der Waals surface area contributed by atoms with Crippen LogP contribution in [0, 0.1) is 0 Å². The fourth-order valence-electron chi connectivity index (χ4n) is 2.38. The number of nitrogens with one attached hydrogen (secondary N) is 1. The predicted octanol–water partition coefficient (Wildman–Crippen LogP) is 2.35. The number of phenols is 1. The predicted molar refractivity (Wildman–Crippen MR) is 88.0 cm³/mol. The Morgan fingerprint density at radius 2 is 2.09 bits per heavy atom. The Labute approximate surface area is 135 Å². The van der Waals surface area contributed by atoms with E-state index in [1.54, 1.807) is 18.2 Å². The van der Waals surface area contributed by atoms with Crippen LogP contribution in [0.2, 0.25) is 0 Å². The van der Waals surface area contributed by atoms with Gasteiger partial charge in [-0.3, -0.25) is 15.0 Å². The molecule has 0 aromatic heterocycles. The third-order valence-electron chi connectivity index (χ3n) is 3.37. The topological polar surface area (TPSA) is 85.2 Å². The fourth-order valence-corrected chi connectivity index (χ4v) is 2.38. The second-order valence-corrected chi connectivity index (χ2v) is 5.40. The molecule has 0 saturated carbocycles. The number of nitrogens with zero attached hydrogens (tertiary/aromatic N) is 2. The van der Waals surface area contributed by atoms with Crippen LogP contribution in [0.4, 0.5) is 0 Å². The van der Waals surface area contributed by atoms with Crippen molar-refractivity contribution in [3.63, 3.8) is 0 Å². The van der Waals surface area contributed by atoms with E-state index in [0.717, 1.165) is 11.1 Å². The molecule has 1 aliphatic rings. The van der Waals surface area contributed by atoms with Gasteiger partial charge in [0.25, 0.3) is 5.91 Å². The van der Waals surface area contributed by atoms with E-state index >= 15 is 0 Å². The summed E-state index contributed by atoms with van der Waals surface area (Å²) < 4.78 is 0. The quantitative estimate of drug-likeness (QED) is 0.745. The first-order valence-electron chi connectivity index (χ1n) is 7.43. The van der Waals surface area contributed by atoms with E-state index < -0.39 is 5.91 Å². The molecule has 3 N–H and O–H groups in total. The van der Waals surface area contributed by atoms with Crippen molar-refractivity contribution in [2.45, 2.75) is 27.3 Å². The van der Waals surface area contributed by atoms with E-state index in [1.165, 1.54) is 6.08 Å². The Balaban J connectivity index is 2.32. The van der Waals surface area contributed by atoms with Crippen molar-refractivity contribution in [1.82, 2.24) is 10.4 Å². The molecule has 23 heavy (non-hydrogen) atoms. The zero-order valence-electron chi connectivity index (χ0n) is 13.5. The summed E-state index contributed by atoms with van der Waals surface area (Å²) in [4.78, 5) is 16.2. The lowest BCUT2D eigenvalue weighted by molar-refractivity contribution is -0.143. The number of aliphatic imine (C=N–C) groups is 1. The van der Waals surface area contributed by atoms with Crippen molar-refractivity contribution in [3.05, 3.63) is 52.7 Å². The Kier molecular flexibility index (Phi) is 5.18. The Morgan fingerprint density at radius 3 is 2.70 bits per heavy atom. The highest BCUT2D eigenvalue weighted by Crippen LogP contribution is 2.22. The van der Waals surface area contributed by atoms with Gasteiger partial charge in [-0.2, -0.15) is 5.06 Å². The molecule has 0 spiro atoms. The molecule has 0 saturated heterocycles. The van der Waals surface area contributed by atoms with E-state index in [9.17, 15) is 15.1 Å². The summed E-state index contributed by atoms with van der Waals surface area (Å²) in [6, 6.07) is 6.89. The molecule has 0 aliphatic carbocycles. The Bertz CT molecular complexity index is 701. The van der Waals surface area contributed by atoms with E-state index in [0.29, 0.717) is 29.4 Å². The number of hydroxylamine groups is 2. The molecule has 1 aromatic carbocycles. The molecule has 122 valence electrons. The SMILES string of the molecule is CCN=C1C(=C(C)C)C(NCc2cccc(O)c2)=CC(=O)N1O. The molecule has 1 heterocycles. The van der Waals surface area contributed by atoms with Crippen molar-refractivity contribution in [1.29, 1.82) is 0 Å². The number of hydrogen-bond acceptors (Lipinski definition) is 5. The number of allylic oxidation sites excluding steroid dienone is 1. The molecule has 6 nitrogen and oxygen atoms in total. The van der Waals surface area contributed by atoms with Crippen LogP contribution in [0.15, 0.2) is 52.2 Å². The van der Waals surface area contributed by atoms with Crippen molar-refractivity contribution < 1.29 is 15.1 Å². The highest BCUT2D eigenvalue weighted by molar-refractivity contribution is 6.15. The average Bonchev–Trinajstić information content (AvgIpc) is 2.49. The summed E-state index contributed by atoms with van der Waals surface area (Å²) in [5.41, 5.74) is 3.12. The standard InChI is InChI=1S/C17H21N3O3/c1-4-18-17-16(11(2)3)14(9-15(22)20(17)23)19-10-12-6-5-7-13(21)8-12/h5-9,19,21,23H,4,10H2,1-3H3. The van der Waals surface area contributed by atoms with E-state index in [-0.39, 0.29) is 11.6 Å². The highest BCUT2D eigenvalue weighted by Gasteiger charge is 2.29. The number of phenolic OH excluding ortho intramolecular Hbond substituents is 1. The maximum absolute atomic E-state index is 11.9. The molecule has 2 rings (SSSR count). The van der Waals surface area contributed by atoms with Gasteiger partial charge in [0.05, 0.1) is 5.70 Å². The number of carbonyl (C=O) groups excluding carboxylic acids is 1. The van der Waals surface area contributed by atoms with Crippen LogP contribution in [0.1, 0.15) is 26.3 Å². The summed E-state index contributed by atoms with van der Waals surface area (Å²) in [6.07, 6.45) is 1.35. The maximum Gasteiger partial charge on any atom is 0.278 e. The summed E-state index contributed by atoms with van der Waals surface area (Å²) in [5, 5.41) is 23.2. The van der Waals surface area contributed by atoms with Gasteiger partial charge in [0.2, 0.25) is 0 Å². The largest absolute Gasteiger partial charge is 0.508 e. The molecule has 1 aliphatic heterocycles. The van der Waals surface area contributed by atoms with Crippen molar-refractivity contribution >= 4 is 11.7 Å². The third kappa shape index (κ3) is 3.78. The smallest absolute Gasteiger partial charge is 0.278 e. The summed E-state index contributed by atoms with van der Waals surface area (Å²) in [6.45, 7) is 6.53. The lowest BCUT2D eigenvalue weighted by atomic mass is 10.0.